The average Bonchev–Trinajstić information content (AvgIpc) is 2.77. The molecule has 0 bridgehead atoms. The lowest BCUT2D eigenvalue weighted by Crippen LogP contribution is -2.41. The summed E-state index contributed by atoms with van der Waals surface area (Å²) in [5.41, 5.74) is 6.72. The molecule has 1 aliphatic heterocycles. The molecule has 2 unspecified atom stereocenters. The summed E-state index contributed by atoms with van der Waals surface area (Å²) in [6.07, 6.45) is 0. The molecule has 1 aromatic heterocycles. The molecule has 2 aromatic rings. The van der Waals surface area contributed by atoms with E-state index in [9.17, 15) is 5.11 Å². The van der Waals surface area contributed by atoms with Gasteiger partial charge in [-0.3, -0.25) is 9.47 Å². The van der Waals surface area contributed by atoms with Crippen molar-refractivity contribution in [3.63, 3.8) is 0 Å². The van der Waals surface area contributed by atoms with Crippen molar-refractivity contribution in [2.24, 2.45) is 16.0 Å². The molecule has 128 valence electrons. The van der Waals surface area contributed by atoms with Crippen molar-refractivity contribution in [3.8, 4) is 5.88 Å². The molecule has 2 atom stereocenters. The van der Waals surface area contributed by atoms with Crippen molar-refractivity contribution < 1.29 is 5.11 Å². The molecule has 3 rings (SSSR count). The third-order valence-electron chi connectivity index (χ3n) is 4.00. The van der Waals surface area contributed by atoms with E-state index in [-0.39, 0.29) is 11.0 Å². The minimum absolute atomic E-state index is 0.0538. The molecule has 1 aliphatic rings. The van der Waals surface area contributed by atoms with Crippen LogP contribution in [0, 0.1) is 0 Å². The van der Waals surface area contributed by atoms with Gasteiger partial charge in [0.25, 0.3) is 0 Å². The Balaban J connectivity index is 1.98. The second kappa shape index (κ2) is 7.08. The summed E-state index contributed by atoms with van der Waals surface area (Å²) in [6.45, 7) is 7.07. The molecule has 6 nitrogen and oxygen atoms in total. The summed E-state index contributed by atoms with van der Waals surface area (Å²) >= 11 is 6.75. The summed E-state index contributed by atoms with van der Waals surface area (Å²) in [7, 11) is 0. The van der Waals surface area contributed by atoms with Crippen LogP contribution < -0.4 is 5.73 Å². The Morgan fingerprint density at radius 2 is 2.00 bits per heavy atom. The fourth-order valence-corrected chi connectivity index (χ4v) is 4.64. The van der Waals surface area contributed by atoms with Crippen LogP contribution in [0.2, 0.25) is 0 Å². The Labute approximate surface area is 150 Å². The van der Waals surface area contributed by atoms with Crippen LogP contribution in [-0.2, 0) is 6.67 Å². The van der Waals surface area contributed by atoms with Crippen LogP contribution in [-0.4, -0.2) is 43.3 Å². The summed E-state index contributed by atoms with van der Waals surface area (Å²) in [6, 6.07) is 7.74. The molecule has 0 aliphatic carbocycles. The highest BCUT2D eigenvalue weighted by Gasteiger charge is 2.24. The summed E-state index contributed by atoms with van der Waals surface area (Å²) < 4.78 is 1.87. The lowest BCUT2D eigenvalue weighted by atomic mass is 10.2. The second-order valence-corrected chi connectivity index (χ2v) is 8.39. The lowest BCUT2D eigenvalue weighted by molar-refractivity contribution is 0.209. The maximum Gasteiger partial charge on any atom is 0.221 e. The normalized spacial score (nSPS) is 22.4. The Hall–Kier alpha value is -1.64. The first-order valence-corrected chi connectivity index (χ1v) is 9.20. The van der Waals surface area contributed by atoms with Crippen LogP contribution >= 0.6 is 24.0 Å². The number of nitrogens with zero attached hydrogens (tertiary/aromatic N) is 4. The van der Waals surface area contributed by atoms with Crippen molar-refractivity contribution >= 4 is 45.7 Å². The van der Waals surface area contributed by atoms with E-state index in [0.29, 0.717) is 22.9 Å². The predicted octanol–water partition coefficient (Wildman–Crippen LogP) is 3.46. The molecule has 1 saturated heterocycles. The van der Waals surface area contributed by atoms with Gasteiger partial charge in [0.15, 0.2) is 5.69 Å². The third-order valence-corrected chi connectivity index (χ3v) is 5.31. The zero-order valence-electron chi connectivity index (χ0n) is 13.7. The number of nitrogens with two attached hydrogens (primary N) is 1. The molecular formula is C16H21N5OS2. The van der Waals surface area contributed by atoms with Crippen molar-refractivity contribution in [1.82, 2.24) is 9.47 Å². The van der Waals surface area contributed by atoms with E-state index < -0.39 is 0 Å². The maximum absolute atomic E-state index is 10.7. The van der Waals surface area contributed by atoms with Gasteiger partial charge in [0.2, 0.25) is 11.0 Å². The van der Waals surface area contributed by atoms with E-state index in [2.05, 4.69) is 29.0 Å². The minimum atomic E-state index is -0.0538. The number of thioether (sulfide) groups is 1. The van der Waals surface area contributed by atoms with Gasteiger partial charge in [0.1, 0.15) is 0 Å². The average molecular weight is 364 g/mol. The van der Waals surface area contributed by atoms with Crippen LogP contribution in [0.3, 0.4) is 0 Å². The zero-order valence-corrected chi connectivity index (χ0v) is 15.3. The third kappa shape index (κ3) is 3.55. The molecule has 24 heavy (non-hydrogen) atoms. The van der Waals surface area contributed by atoms with E-state index in [0.717, 1.165) is 24.0 Å². The molecule has 1 fully saturated rings. The lowest BCUT2D eigenvalue weighted by Gasteiger charge is -2.34. The zero-order chi connectivity index (χ0) is 17.3. The smallest absolute Gasteiger partial charge is 0.221 e. The quantitative estimate of drug-likeness (QED) is 0.645. The number of aromatic nitrogens is 1. The first-order chi connectivity index (χ1) is 11.5. The van der Waals surface area contributed by atoms with Crippen LogP contribution in [0.4, 0.5) is 5.69 Å². The topological polar surface area (TPSA) is 79.1 Å². The molecule has 0 amide bonds. The number of fused-ring (bicyclic) bond motifs is 1. The molecular weight excluding hydrogens is 342 g/mol. The Morgan fingerprint density at radius 3 is 2.67 bits per heavy atom. The van der Waals surface area contributed by atoms with Crippen molar-refractivity contribution in [1.29, 1.82) is 0 Å². The fourth-order valence-electron chi connectivity index (χ4n) is 3.21. The SMILES string of the molecule is CC1CN(Cn2c(O)c(N=NC(N)=S)c3ccccc32)CC(C)S1. The van der Waals surface area contributed by atoms with E-state index in [1.165, 1.54) is 0 Å². The van der Waals surface area contributed by atoms with Gasteiger partial charge in [0, 0.05) is 29.0 Å². The van der Waals surface area contributed by atoms with Crippen LogP contribution in [0.5, 0.6) is 5.88 Å². The number of hydrogen-bond acceptors (Lipinski definition) is 5. The monoisotopic (exact) mass is 363 g/mol. The number of hydrogen-bond donors (Lipinski definition) is 2. The number of aromatic hydroxyl groups is 1. The minimum Gasteiger partial charge on any atom is -0.493 e. The molecule has 0 saturated carbocycles. The van der Waals surface area contributed by atoms with Crippen molar-refractivity contribution in [3.05, 3.63) is 24.3 Å². The summed E-state index contributed by atoms with van der Waals surface area (Å²) in [4.78, 5) is 2.35. The summed E-state index contributed by atoms with van der Waals surface area (Å²) in [5, 5.41) is 20.4. The highest BCUT2D eigenvalue weighted by molar-refractivity contribution is 8.00. The van der Waals surface area contributed by atoms with Gasteiger partial charge < -0.3 is 10.8 Å². The first kappa shape index (κ1) is 17.2. The Morgan fingerprint density at radius 1 is 1.33 bits per heavy atom. The van der Waals surface area contributed by atoms with E-state index >= 15 is 0 Å². The number of benzene rings is 1. The fraction of sp³-hybridized carbons (Fsp3) is 0.438. The van der Waals surface area contributed by atoms with E-state index in [1.807, 2.05) is 40.6 Å². The Bertz CT molecular complexity index is 778. The molecule has 2 heterocycles. The number of para-hydroxylation sites is 1. The van der Waals surface area contributed by atoms with Crippen molar-refractivity contribution in [2.75, 3.05) is 13.1 Å². The van der Waals surface area contributed by atoms with E-state index in [4.69, 9.17) is 18.0 Å². The van der Waals surface area contributed by atoms with Crippen LogP contribution in [0.15, 0.2) is 34.5 Å². The molecule has 8 heteroatoms. The number of thiocarbonyl (C=S) groups is 1. The highest BCUT2D eigenvalue weighted by Crippen LogP contribution is 2.39. The molecule has 0 spiro atoms. The molecule has 3 N–H and O–H groups in total. The van der Waals surface area contributed by atoms with Gasteiger partial charge in [0.05, 0.1) is 12.2 Å². The number of rotatable bonds is 3. The standard InChI is InChI=1S/C16H21N5OS2/c1-10-7-20(8-11(2)24-10)9-21-13-6-4-3-5-12(13)14(15(21)22)18-19-16(17)23/h3-6,10-11,22H,7-9H2,1-2H3,(H2,17,23). The largest absolute Gasteiger partial charge is 0.493 e. The van der Waals surface area contributed by atoms with Crippen molar-refractivity contribution in [2.45, 2.75) is 31.0 Å². The number of azo groups is 1. The van der Waals surface area contributed by atoms with Gasteiger partial charge in [-0.2, -0.15) is 11.8 Å². The van der Waals surface area contributed by atoms with Gasteiger partial charge in [-0.25, -0.2) is 0 Å². The van der Waals surface area contributed by atoms with Crippen LogP contribution in [0.1, 0.15) is 13.8 Å². The Kier molecular flexibility index (Phi) is 5.07. The first-order valence-electron chi connectivity index (χ1n) is 7.85. The summed E-state index contributed by atoms with van der Waals surface area (Å²) in [5.74, 6) is 0.0923. The second-order valence-electron chi connectivity index (χ2n) is 6.09. The van der Waals surface area contributed by atoms with E-state index in [1.54, 1.807) is 0 Å². The van der Waals surface area contributed by atoms with Gasteiger partial charge >= 0.3 is 0 Å². The predicted molar refractivity (Wildman–Crippen MR) is 103 cm³/mol. The van der Waals surface area contributed by atoms with Gasteiger partial charge in [-0.15, -0.1) is 10.2 Å². The van der Waals surface area contributed by atoms with Gasteiger partial charge in [-0.1, -0.05) is 32.0 Å². The highest BCUT2D eigenvalue weighted by atomic mass is 32.2. The molecule has 0 radical (unpaired) electrons. The maximum atomic E-state index is 10.7. The van der Waals surface area contributed by atoms with Gasteiger partial charge in [-0.05, 0) is 18.3 Å². The molecule has 1 aromatic carbocycles. The van der Waals surface area contributed by atoms with Crippen LogP contribution in [0.25, 0.3) is 10.9 Å².